The van der Waals surface area contributed by atoms with Gasteiger partial charge in [0.2, 0.25) is 0 Å². The molecule has 0 N–H and O–H groups in total. The predicted molar refractivity (Wildman–Crippen MR) is 69.4 cm³/mol. The molecule has 0 saturated carbocycles. The van der Waals surface area contributed by atoms with Gasteiger partial charge in [-0.15, -0.1) is 0 Å². The van der Waals surface area contributed by atoms with E-state index in [1.165, 1.54) is 24.2 Å². The van der Waals surface area contributed by atoms with Gasteiger partial charge in [0.1, 0.15) is 0 Å². The number of rotatable bonds is 6. The van der Waals surface area contributed by atoms with E-state index in [1.807, 2.05) is 0 Å². The van der Waals surface area contributed by atoms with Crippen molar-refractivity contribution in [1.82, 2.24) is 4.90 Å². The molecular weight excluding hydrogens is 186 g/mol. The van der Waals surface area contributed by atoms with Gasteiger partial charge in [-0.3, -0.25) is 0 Å². The first-order chi connectivity index (χ1) is 6.43. The molecular formula is C12H27NSi. The van der Waals surface area contributed by atoms with Crippen molar-refractivity contribution in [3.8, 4) is 0 Å². The van der Waals surface area contributed by atoms with Crippen molar-refractivity contribution in [2.24, 2.45) is 0 Å². The fourth-order valence-corrected chi connectivity index (χ4v) is 4.01. The van der Waals surface area contributed by atoms with Crippen LogP contribution in [0.1, 0.15) is 27.2 Å². The van der Waals surface area contributed by atoms with Crippen LogP contribution in [0.5, 0.6) is 0 Å². The Morgan fingerprint density at radius 1 is 1.29 bits per heavy atom. The Bertz CT molecular complexity index is 185. The summed E-state index contributed by atoms with van der Waals surface area (Å²) in [6.45, 7) is 12.8. The highest BCUT2D eigenvalue weighted by Crippen LogP contribution is 2.19. The van der Waals surface area contributed by atoms with Crippen molar-refractivity contribution < 1.29 is 0 Å². The van der Waals surface area contributed by atoms with Crippen LogP contribution in [0.2, 0.25) is 25.2 Å². The molecule has 0 aliphatic carbocycles. The Kier molecular flexibility index (Phi) is 6.17. The van der Waals surface area contributed by atoms with Gasteiger partial charge in [0.25, 0.3) is 0 Å². The van der Waals surface area contributed by atoms with Gasteiger partial charge in [0.15, 0.2) is 0 Å². The molecule has 2 heteroatoms. The highest BCUT2D eigenvalue weighted by atomic mass is 28.3. The van der Waals surface area contributed by atoms with Gasteiger partial charge in [-0.2, -0.15) is 0 Å². The molecule has 1 nitrogen and oxygen atoms in total. The van der Waals surface area contributed by atoms with E-state index in [0.717, 1.165) is 6.54 Å². The fourth-order valence-electron chi connectivity index (χ4n) is 1.61. The van der Waals surface area contributed by atoms with Crippen molar-refractivity contribution in [2.45, 2.75) is 52.4 Å². The van der Waals surface area contributed by atoms with Gasteiger partial charge >= 0.3 is 0 Å². The van der Waals surface area contributed by atoms with E-state index in [1.54, 1.807) is 0 Å². The molecule has 0 aromatic rings. The topological polar surface area (TPSA) is 3.24 Å². The van der Waals surface area contributed by atoms with Crippen LogP contribution in [0, 0.1) is 0 Å². The molecule has 0 radical (unpaired) electrons. The van der Waals surface area contributed by atoms with E-state index in [0.29, 0.717) is 0 Å². The van der Waals surface area contributed by atoms with Gasteiger partial charge < -0.3 is 4.90 Å². The van der Waals surface area contributed by atoms with Gasteiger partial charge in [0.05, 0.1) is 8.07 Å². The second-order valence-electron chi connectivity index (χ2n) is 4.98. The van der Waals surface area contributed by atoms with Gasteiger partial charge in [-0.25, -0.2) is 0 Å². The Morgan fingerprint density at radius 2 is 1.86 bits per heavy atom. The molecule has 0 aromatic heterocycles. The largest absolute Gasteiger partial charge is 0.379 e. The number of nitrogens with zero attached hydrogens (tertiary/aromatic N) is 1. The minimum atomic E-state index is -0.928. The van der Waals surface area contributed by atoms with Crippen LogP contribution < -0.4 is 0 Å². The smallest absolute Gasteiger partial charge is 0.0511 e. The predicted octanol–water partition coefficient (Wildman–Crippen LogP) is 3.96. The highest BCUT2D eigenvalue weighted by molar-refractivity contribution is 6.77. The zero-order chi connectivity index (χ0) is 11.2. The summed E-state index contributed by atoms with van der Waals surface area (Å²) < 4.78 is 0. The molecule has 0 aliphatic heterocycles. The maximum Gasteiger partial charge on any atom is 0.0511 e. The third-order valence-corrected chi connectivity index (χ3v) is 6.12. The monoisotopic (exact) mass is 213 g/mol. The van der Waals surface area contributed by atoms with Crippen LogP contribution in [0.25, 0.3) is 0 Å². The lowest BCUT2D eigenvalue weighted by molar-refractivity contribution is 0.442. The highest BCUT2D eigenvalue weighted by Gasteiger charge is 2.17. The average molecular weight is 213 g/mol. The van der Waals surface area contributed by atoms with E-state index >= 15 is 0 Å². The SMILES string of the molecule is CCC[Si](C)(C)CC=C(C)N(C)CC. The molecule has 0 aromatic carbocycles. The molecule has 0 bridgehead atoms. The summed E-state index contributed by atoms with van der Waals surface area (Å²) in [5.41, 5.74) is 1.43. The summed E-state index contributed by atoms with van der Waals surface area (Å²) in [5.74, 6) is 0. The van der Waals surface area contributed by atoms with E-state index in [-0.39, 0.29) is 0 Å². The molecule has 84 valence electrons. The van der Waals surface area contributed by atoms with Crippen LogP contribution >= 0.6 is 0 Å². The number of allylic oxidation sites excluding steroid dienone is 2. The van der Waals surface area contributed by atoms with Gasteiger partial charge in [-0.05, 0) is 19.9 Å². The van der Waals surface area contributed by atoms with Crippen molar-refractivity contribution in [2.75, 3.05) is 13.6 Å². The maximum absolute atomic E-state index is 2.49. The second-order valence-corrected chi connectivity index (χ2v) is 10.2. The first-order valence-electron chi connectivity index (χ1n) is 5.81. The third kappa shape index (κ3) is 5.48. The first kappa shape index (κ1) is 13.8. The first-order valence-corrected chi connectivity index (χ1v) is 9.22. The molecule has 14 heavy (non-hydrogen) atoms. The Balaban J connectivity index is 4.12. The number of hydrogen-bond acceptors (Lipinski definition) is 1. The third-order valence-electron chi connectivity index (χ3n) is 2.95. The zero-order valence-corrected chi connectivity index (χ0v) is 11.9. The van der Waals surface area contributed by atoms with Crippen molar-refractivity contribution in [3.05, 3.63) is 11.8 Å². The molecule has 0 atom stereocenters. The molecule has 0 aliphatic rings. The van der Waals surface area contributed by atoms with Gasteiger partial charge in [-0.1, -0.05) is 38.6 Å². The van der Waals surface area contributed by atoms with Crippen LogP contribution in [0.3, 0.4) is 0 Å². The Hall–Kier alpha value is -0.243. The molecule has 0 heterocycles. The molecule has 0 fully saturated rings. The second kappa shape index (κ2) is 6.28. The van der Waals surface area contributed by atoms with Crippen LogP contribution in [0.15, 0.2) is 11.8 Å². The standard InChI is InChI=1S/C12H27NSi/c1-7-10-14(5,6)11-9-12(3)13(4)8-2/h9H,7-8,10-11H2,1-6H3. The minimum absolute atomic E-state index is 0.928. The molecule has 0 rings (SSSR count). The Morgan fingerprint density at radius 3 is 2.29 bits per heavy atom. The van der Waals surface area contributed by atoms with E-state index < -0.39 is 8.07 Å². The van der Waals surface area contributed by atoms with Crippen molar-refractivity contribution in [1.29, 1.82) is 0 Å². The maximum atomic E-state index is 2.49. The van der Waals surface area contributed by atoms with E-state index in [9.17, 15) is 0 Å². The summed E-state index contributed by atoms with van der Waals surface area (Å²) in [6, 6.07) is 2.78. The Labute approximate surface area is 91.2 Å². The molecule has 0 amide bonds. The molecule has 0 saturated heterocycles. The molecule has 0 unspecified atom stereocenters. The summed E-state index contributed by atoms with van der Waals surface area (Å²) in [5, 5.41) is 0. The van der Waals surface area contributed by atoms with Gasteiger partial charge in [0, 0.05) is 19.3 Å². The van der Waals surface area contributed by atoms with Crippen molar-refractivity contribution >= 4 is 8.07 Å². The van der Waals surface area contributed by atoms with Crippen LogP contribution in [-0.4, -0.2) is 26.6 Å². The average Bonchev–Trinajstić information content (AvgIpc) is 2.13. The fraction of sp³-hybridized carbons (Fsp3) is 0.833. The van der Waals surface area contributed by atoms with Crippen LogP contribution in [0.4, 0.5) is 0 Å². The lowest BCUT2D eigenvalue weighted by atomic mass is 10.4. The lowest BCUT2D eigenvalue weighted by Gasteiger charge is -2.22. The van der Waals surface area contributed by atoms with Crippen LogP contribution in [-0.2, 0) is 0 Å². The summed E-state index contributed by atoms with van der Waals surface area (Å²) in [4.78, 5) is 2.32. The van der Waals surface area contributed by atoms with Crippen molar-refractivity contribution in [3.63, 3.8) is 0 Å². The lowest BCUT2D eigenvalue weighted by Crippen LogP contribution is -2.24. The molecule has 0 spiro atoms. The quantitative estimate of drug-likeness (QED) is 0.604. The number of hydrogen-bond donors (Lipinski definition) is 0. The zero-order valence-electron chi connectivity index (χ0n) is 10.9. The summed E-state index contributed by atoms with van der Waals surface area (Å²) >= 11 is 0. The minimum Gasteiger partial charge on any atom is -0.379 e. The summed E-state index contributed by atoms with van der Waals surface area (Å²) in [6.07, 6.45) is 3.78. The van der Waals surface area contributed by atoms with E-state index in [4.69, 9.17) is 0 Å². The summed E-state index contributed by atoms with van der Waals surface area (Å²) in [7, 11) is 1.24. The normalized spacial score (nSPS) is 13.1. The van der Waals surface area contributed by atoms with E-state index in [2.05, 4.69) is 51.9 Å².